The third kappa shape index (κ3) is 6.39. The molecular formula is C24H25N3O5S. The molecule has 0 bridgehead atoms. The number of nitrogens with zero attached hydrogens (tertiary/aromatic N) is 1. The van der Waals surface area contributed by atoms with Crippen molar-refractivity contribution in [3.8, 4) is 22.1 Å². The zero-order valence-corrected chi connectivity index (χ0v) is 19.5. The Kier molecular flexibility index (Phi) is 8.15. The Bertz CT molecular complexity index is 1140. The van der Waals surface area contributed by atoms with Crippen LogP contribution in [0.1, 0.15) is 45.5 Å². The molecular weight excluding hydrogens is 442 g/mol. The molecule has 172 valence electrons. The second-order valence-electron chi connectivity index (χ2n) is 7.18. The third-order valence-electron chi connectivity index (χ3n) is 4.71. The molecule has 0 spiro atoms. The number of Topliss-reactive ketones (excluding diaryl/α,β-unsaturated/α-hetero) is 1. The number of hydrogen-bond acceptors (Lipinski definition) is 7. The van der Waals surface area contributed by atoms with Gasteiger partial charge in [-0.2, -0.15) is 0 Å². The second-order valence-corrected chi connectivity index (χ2v) is 8.17. The number of aromatic nitrogens is 1. The molecule has 8 nitrogen and oxygen atoms in total. The zero-order valence-electron chi connectivity index (χ0n) is 18.6. The van der Waals surface area contributed by atoms with Crippen LogP contribution in [-0.4, -0.2) is 36.3 Å². The van der Waals surface area contributed by atoms with Gasteiger partial charge in [-0.15, -0.1) is 11.3 Å². The van der Waals surface area contributed by atoms with E-state index in [1.54, 1.807) is 25.1 Å². The number of aryl methyl sites for hydroxylation is 1. The van der Waals surface area contributed by atoms with Crippen molar-refractivity contribution in [1.82, 2.24) is 15.8 Å². The summed E-state index contributed by atoms with van der Waals surface area (Å²) in [7, 11) is 1.50. The zero-order chi connectivity index (χ0) is 23.8. The maximum atomic E-state index is 12.5. The number of hydrazine groups is 1. The fourth-order valence-corrected chi connectivity index (χ4v) is 3.94. The van der Waals surface area contributed by atoms with Crippen molar-refractivity contribution in [2.75, 3.05) is 13.7 Å². The molecule has 1 heterocycles. The summed E-state index contributed by atoms with van der Waals surface area (Å²) in [5.41, 5.74) is 6.92. The number of hydrogen-bond donors (Lipinski definition) is 2. The standard InChI is InChI=1S/C24H25N3O5S/c1-15-22(33-24(25-15)17-8-5-4-6-9-17)23(30)27-26-21(29)10-7-13-32-19-12-11-18(16(2)28)14-20(19)31-3/h4-6,8-9,11-12,14H,7,10,13H2,1-3H3,(H,26,29)(H,27,30). The molecule has 0 saturated heterocycles. The van der Waals surface area contributed by atoms with E-state index in [0.717, 1.165) is 10.6 Å². The van der Waals surface area contributed by atoms with Gasteiger partial charge in [0.2, 0.25) is 5.91 Å². The predicted octanol–water partition coefficient (Wildman–Crippen LogP) is 3.95. The monoisotopic (exact) mass is 467 g/mol. The van der Waals surface area contributed by atoms with Crippen molar-refractivity contribution >= 4 is 28.9 Å². The minimum Gasteiger partial charge on any atom is -0.493 e. The first-order valence-electron chi connectivity index (χ1n) is 10.3. The molecule has 9 heteroatoms. The Morgan fingerprint density at radius 3 is 2.48 bits per heavy atom. The topological polar surface area (TPSA) is 107 Å². The normalized spacial score (nSPS) is 10.4. The van der Waals surface area contributed by atoms with Crippen LogP contribution in [-0.2, 0) is 4.79 Å². The smallest absolute Gasteiger partial charge is 0.281 e. The molecule has 0 unspecified atom stereocenters. The number of rotatable bonds is 9. The summed E-state index contributed by atoms with van der Waals surface area (Å²) in [4.78, 5) is 40.9. The third-order valence-corrected chi connectivity index (χ3v) is 5.92. The maximum Gasteiger partial charge on any atom is 0.281 e. The SMILES string of the molecule is COc1cc(C(C)=O)ccc1OCCCC(=O)NNC(=O)c1sc(-c2ccccc2)nc1C. The summed E-state index contributed by atoms with van der Waals surface area (Å²) in [5, 5.41) is 0.744. The average molecular weight is 468 g/mol. The average Bonchev–Trinajstić information content (AvgIpc) is 3.22. The summed E-state index contributed by atoms with van der Waals surface area (Å²) < 4.78 is 10.9. The predicted molar refractivity (Wildman–Crippen MR) is 126 cm³/mol. The van der Waals surface area contributed by atoms with Crippen LogP contribution < -0.4 is 20.3 Å². The van der Waals surface area contributed by atoms with Gasteiger partial charge in [0.05, 0.1) is 19.4 Å². The highest BCUT2D eigenvalue weighted by molar-refractivity contribution is 7.17. The molecule has 1 aromatic heterocycles. The second kappa shape index (κ2) is 11.2. The Balaban J connectivity index is 1.44. The van der Waals surface area contributed by atoms with E-state index in [1.807, 2.05) is 30.3 Å². The van der Waals surface area contributed by atoms with Crippen LogP contribution in [0, 0.1) is 6.92 Å². The van der Waals surface area contributed by atoms with E-state index < -0.39 is 5.91 Å². The first kappa shape index (κ1) is 23.9. The Morgan fingerprint density at radius 2 is 1.79 bits per heavy atom. The molecule has 0 aliphatic rings. The van der Waals surface area contributed by atoms with Gasteiger partial charge in [-0.25, -0.2) is 4.98 Å². The first-order chi connectivity index (χ1) is 15.9. The lowest BCUT2D eigenvalue weighted by Gasteiger charge is -2.11. The van der Waals surface area contributed by atoms with E-state index in [2.05, 4.69) is 15.8 Å². The van der Waals surface area contributed by atoms with Gasteiger partial charge in [-0.3, -0.25) is 25.2 Å². The van der Waals surface area contributed by atoms with E-state index >= 15 is 0 Å². The largest absolute Gasteiger partial charge is 0.493 e. The minimum absolute atomic E-state index is 0.0663. The number of ether oxygens (including phenoxy) is 2. The number of methoxy groups -OCH3 is 1. The van der Waals surface area contributed by atoms with Crippen molar-refractivity contribution in [2.45, 2.75) is 26.7 Å². The highest BCUT2D eigenvalue weighted by atomic mass is 32.1. The molecule has 2 N–H and O–H groups in total. The van der Waals surface area contributed by atoms with E-state index in [4.69, 9.17) is 9.47 Å². The molecule has 0 aliphatic carbocycles. The number of thiazole rings is 1. The molecule has 3 aromatic rings. The summed E-state index contributed by atoms with van der Waals surface area (Å²) in [6.07, 6.45) is 0.585. The number of ketones is 1. The van der Waals surface area contributed by atoms with Crippen LogP contribution in [0.4, 0.5) is 0 Å². The number of benzene rings is 2. The van der Waals surface area contributed by atoms with E-state index in [0.29, 0.717) is 34.1 Å². The minimum atomic E-state index is -0.410. The van der Waals surface area contributed by atoms with Gasteiger partial charge in [0.25, 0.3) is 5.91 Å². The highest BCUT2D eigenvalue weighted by Gasteiger charge is 2.17. The van der Waals surface area contributed by atoms with E-state index in [9.17, 15) is 14.4 Å². The van der Waals surface area contributed by atoms with E-state index in [-0.39, 0.29) is 24.7 Å². The van der Waals surface area contributed by atoms with Crippen LogP contribution in [0.25, 0.3) is 10.6 Å². The van der Waals surface area contributed by atoms with Crippen molar-refractivity contribution < 1.29 is 23.9 Å². The molecule has 2 amide bonds. The molecule has 2 aromatic carbocycles. The Labute approximate surface area is 195 Å². The molecule has 33 heavy (non-hydrogen) atoms. The van der Waals surface area contributed by atoms with Gasteiger partial charge in [0.1, 0.15) is 9.88 Å². The van der Waals surface area contributed by atoms with Gasteiger partial charge in [0.15, 0.2) is 17.3 Å². The van der Waals surface area contributed by atoms with Crippen LogP contribution in [0.5, 0.6) is 11.5 Å². The molecule has 0 fully saturated rings. The van der Waals surface area contributed by atoms with Crippen LogP contribution in [0.3, 0.4) is 0 Å². The van der Waals surface area contributed by atoms with Gasteiger partial charge >= 0.3 is 0 Å². The molecule has 0 atom stereocenters. The maximum absolute atomic E-state index is 12.5. The lowest BCUT2D eigenvalue weighted by atomic mass is 10.1. The summed E-state index contributed by atoms with van der Waals surface area (Å²) in [6.45, 7) is 3.50. The highest BCUT2D eigenvalue weighted by Crippen LogP contribution is 2.29. The van der Waals surface area contributed by atoms with E-state index in [1.165, 1.54) is 25.4 Å². The Morgan fingerprint density at radius 1 is 1.03 bits per heavy atom. The van der Waals surface area contributed by atoms with Crippen molar-refractivity contribution in [3.05, 3.63) is 64.7 Å². The van der Waals surface area contributed by atoms with Gasteiger partial charge in [0, 0.05) is 17.5 Å². The number of amides is 2. The quantitative estimate of drug-likeness (QED) is 0.280. The van der Waals surface area contributed by atoms with Gasteiger partial charge in [-0.1, -0.05) is 30.3 Å². The molecule has 0 saturated carbocycles. The molecule has 0 radical (unpaired) electrons. The van der Waals surface area contributed by atoms with Crippen LogP contribution in [0.2, 0.25) is 0 Å². The fraction of sp³-hybridized carbons (Fsp3) is 0.250. The number of nitrogens with one attached hydrogen (secondary N) is 2. The fourth-order valence-electron chi connectivity index (χ4n) is 2.98. The van der Waals surface area contributed by atoms with Gasteiger partial charge < -0.3 is 9.47 Å². The summed E-state index contributed by atoms with van der Waals surface area (Å²) in [5.74, 6) is 0.132. The number of carbonyl (C=O) groups is 3. The summed E-state index contributed by atoms with van der Waals surface area (Å²) in [6, 6.07) is 14.5. The van der Waals surface area contributed by atoms with Crippen LogP contribution >= 0.6 is 11.3 Å². The van der Waals surface area contributed by atoms with Crippen molar-refractivity contribution in [1.29, 1.82) is 0 Å². The number of carbonyl (C=O) groups excluding carboxylic acids is 3. The molecule has 0 aliphatic heterocycles. The lowest BCUT2D eigenvalue weighted by molar-refractivity contribution is -0.122. The molecule has 3 rings (SSSR count). The van der Waals surface area contributed by atoms with Crippen molar-refractivity contribution in [2.24, 2.45) is 0 Å². The summed E-state index contributed by atoms with van der Waals surface area (Å²) >= 11 is 1.27. The first-order valence-corrected chi connectivity index (χ1v) is 11.1. The van der Waals surface area contributed by atoms with Crippen LogP contribution in [0.15, 0.2) is 48.5 Å². The lowest BCUT2D eigenvalue weighted by Crippen LogP contribution is -2.41. The Hall–Kier alpha value is -3.72. The van der Waals surface area contributed by atoms with Gasteiger partial charge in [-0.05, 0) is 38.5 Å². The van der Waals surface area contributed by atoms with Crippen molar-refractivity contribution in [3.63, 3.8) is 0 Å².